The molecule has 0 spiro atoms. The first-order valence-corrected chi connectivity index (χ1v) is 9.43. The van der Waals surface area contributed by atoms with Gasteiger partial charge in [0.05, 0.1) is 25.8 Å². The van der Waals surface area contributed by atoms with Gasteiger partial charge in [0, 0.05) is 31.5 Å². The summed E-state index contributed by atoms with van der Waals surface area (Å²) in [5, 5.41) is 12.2. The summed E-state index contributed by atoms with van der Waals surface area (Å²) in [4.78, 5) is 28.5. The second kappa shape index (κ2) is 8.40. The molecule has 2 fully saturated rings. The third-order valence-corrected chi connectivity index (χ3v) is 5.34. The van der Waals surface area contributed by atoms with Crippen molar-refractivity contribution in [2.24, 2.45) is 5.41 Å². The normalized spacial score (nSPS) is 18.6. The van der Waals surface area contributed by atoms with Crippen LogP contribution in [0.5, 0.6) is 0 Å². The minimum absolute atomic E-state index is 0.0620. The van der Waals surface area contributed by atoms with Crippen LogP contribution in [0.3, 0.4) is 0 Å². The van der Waals surface area contributed by atoms with Gasteiger partial charge in [0.2, 0.25) is 11.8 Å². The van der Waals surface area contributed by atoms with Crippen molar-refractivity contribution in [1.29, 1.82) is 5.26 Å². The van der Waals surface area contributed by atoms with E-state index in [9.17, 15) is 14.9 Å². The van der Waals surface area contributed by atoms with Gasteiger partial charge in [-0.2, -0.15) is 5.26 Å². The minimum Gasteiger partial charge on any atom is -0.378 e. The number of likely N-dealkylation sites (N-methyl/N-ethyl adjacent to an activating group) is 1. The Balaban J connectivity index is 1.54. The van der Waals surface area contributed by atoms with E-state index in [1.165, 1.54) is 4.90 Å². The van der Waals surface area contributed by atoms with Crippen LogP contribution >= 0.6 is 0 Å². The molecule has 2 aliphatic rings. The summed E-state index contributed by atoms with van der Waals surface area (Å²) in [7, 11) is 1.58. The standard InChI is InChI=1S/C20H26N4O3/c1-23(19(26)20(15-21)8-2-3-9-20)14-18(25)22-16-4-6-17(7-5-16)24-10-12-27-13-11-24/h4-7H,2-3,8-14H2,1H3,(H,22,25). The third kappa shape index (κ3) is 4.40. The van der Waals surface area contributed by atoms with Gasteiger partial charge in [-0.05, 0) is 37.1 Å². The summed E-state index contributed by atoms with van der Waals surface area (Å²) in [6, 6.07) is 9.84. The summed E-state index contributed by atoms with van der Waals surface area (Å²) in [5.74, 6) is -0.517. The van der Waals surface area contributed by atoms with Crippen molar-refractivity contribution in [3.63, 3.8) is 0 Å². The first kappa shape index (κ1) is 19.2. The monoisotopic (exact) mass is 370 g/mol. The Kier molecular flexibility index (Phi) is 5.97. The minimum atomic E-state index is -0.950. The quantitative estimate of drug-likeness (QED) is 0.857. The molecule has 0 radical (unpaired) electrons. The molecule has 144 valence electrons. The maximum absolute atomic E-state index is 12.6. The van der Waals surface area contributed by atoms with Crippen molar-refractivity contribution in [1.82, 2.24) is 4.90 Å². The van der Waals surface area contributed by atoms with Gasteiger partial charge in [0.15, 0.2) is 0 Å². The molecule has 1 saturated carbocycles. The summed E-state index contributed by atoms with van der Waals surface area (Å²) in [6.45, 7) is 3.11. The topological polar surface area (TPSA) is 85.7 Å². The average molecular weight is 370 g/mol. The number of nitrogens with zero attached hydrogens (tertiary/aromatic N) is 3. The lowest BCUT2D eigenvalue weighted by Gasteiger charge is -2.29. The van der Waals surface area contributed by atoms with E-state index in [0.29, 0.717) is 18.5 Å². The number of carbonyl (C=O) groups excluding carboxylic acids is 2. The van der Waals surface area contributed by atoms with E-state index >= 15 is 0 Å². The fourth-order valence-electron chi connectivity index (χ4n) is 3.78. The molecule has 2 amide bonds. The average Bonchev–Trinajstić information content (AvgIpc) is 3.19. The van der Waals surface area contributed by atoms with Gasteiger partial charge in [0.1, 0.15) is 5.41 Å². The Morgan fingerprint density at radius 3 is 2.44 bits per heavy atom. The fourth-order valence-corrected chi connectivity index (χ4v) is 3.78. The molecule has 1 aliphatic heterocycles. The number of morpholine rings is 1. The predicted molar refractivity (Wildman–Crippen MR) is 102 cm³/mol. The molecule has 3 rings (SSSR count). The van der Waals surface area contributed by atoms with E-state index in [2.05, 4.69) is 16.3 Å². The van der Waals surface area contributed by atoms with Crippen LogP contribution < -0.4 is 10.2 Å². The lowest BCUT2D eigenvalue weighted by molar-refractivity contribution is -0.139. The van der Waals surface area contributed by atoms with Crippen LogP contribution in [0.4, 0.5) is 11.4 Å². The van der Waals surface area contributed by atoms with Gasteiger partial charge in [0.25, 0.3) is 0 Å². The molecule has 0 atom stereocenters. The maximum atomic E-state index is 12.6. The SMILES string of the molecule is CN(CC(=O)Nc1ccc(N2CCOCC2)cc1)C(=O)C1(C#N)CCCC1. The Morgan fingerprint density at radius 1 is 1.22 bits per heavy atom. The highest BCUT2D eigenvalue weighted by Crippen LogP contribution is 2.38. The van der Waals surface area contributed by atoms with Gasteiger partial charge in [-0.15, -0.1) is 0 Å². The molecule has 7 nitrogen and oxygen atoms in total. The van der Waals surface area contributed by atoms with Gasteiger partial charge in [-0.1, -0.05) is 12.8 Å². The van der Waals surface area contributed by atoms with Gasteiger partial charge >= 0.3 is 0 Å². The molecule has 0 unspecified atom stereocenters. The predicted octanol–water partition coefficient (Wildman–Crippen LogP) is 2.00. The maximum Gasteiger partial charge on any atom is 0.243 e. The number of ether oxygens (including phenoxy) is 1. The van der Waals surface area contributed by atoms with E-state index < -0.39 is 5.41 Å². The van der Waals surface area contributed by atoms with Crippen LogP contribution in [-0.2, 0) is 14.3 Å². The molecule has 1 aliphatic carbocycles. The van der Waals surface area contributed by atoms with Crippen LogP contribution in [0.2, 0.25) is 0 Å². The number of benzene rings is 1. The first-order chi connectivity index (χ1) is 13.0. The molecule has 0 bridgehead atoms. The smallest absolute Gasteiger partial charge is 0.243 e. The van der Waals surface area contributed by atoms with Crippen molar-refractivity contribution >= 4 is 23.2 Å². The summed E-state index contributed by atoms with van der Waals surface area (Å²) < 4.78 is 5.35. The van der Waals surface area contributed by atoms with Gasteiger partial charge in [-0.3, -0.25) is 9.59 Å². The number of carbonyl (C=O) groups is 2. The van der Waals surface area contributed by atoms with E-state index in [1.54, 1.807) is 7.05 Å². The molecule has 1 heterocycles. The number of hydrogen-bond donors (Lipinski definition) is 1. The molecule has 0 aromatic heterocycles. The van der Waals surface area contributed by atoms with Gasteiger partial charge in [-0.25, -0.2) is 0 Å². The highest BCUT2D eigenvalue weighted by Gasteiger charge is 2.43. The lowest BCUT2D eigenvalue weighted by atomic mass is 9.86. The number of rotatable bonds is 5. The second-order valence-corrected chi connectivity index (χ2v) is 7.26. The zero-order chi connectivity index (χ0) is 19.3. The van der Waals surface area contributed by atoms with Crippen molar-refractivity contribution in [2.75, 3.05) is 50.1 Å². The fraction of sp³-hybridized carbons (Fsp3) is 0.550. The first-order valence-electron chi connectivity index (χ1n) is 9.43. The second-order valence-electron chi connectivity index (χ2n) is 7.26. The van der Waals surface area contributed by atoms with Gasteiger partial charge < -0.3 is 19.9 Å². The molecule has 1 saturated heterocycles. The Hall–Kier alpha value is -2.59. The molecular weight excluding hydrogens is 344 g/mol. The van der Waals surface area contributed by atoms with E-state index in [4.69, 9.17) is 4.74 Å². The number of nitriles is 1. The third-order valence-electron chi connectivity index (χ3n) is 5.34. The molecule has 1 N–H and O–H groups in total. The van der Waals surface area contributed by atoms with Crippen LogP contribution in [0.25, 0.3) is 0 Å². The van der Waals surface area contributed by atoms with Crippen molar-refractivity contribution < 1.29 is 14.3 Å². The molecular formula is C20H26N4O3. The molecule has 1 aromatic carbocycles. The summed E-state index contributed by atoms with van der Waals surface area (Å²) in [6.07, 6.45) is 2.93. The Labute approximate surface area is 159 Å². The number of amides is 2. The van der Waals surface area contributed by atoms with Crippen LogP contribution in [0, 0.1) is 16.7 Å². The number of nitrogens with one attached hydrogen (secondary N) is 1. The summed E-state index contributed by atoms with van der Waals surface area (Å²) in [5.41, 5.74) is 0.837. The van der Waals surface area contributed by atoms with Crippen LogP contribution in [0.1, 0.15) is 25.7 Å². The van der Waals surface area contributed by atoms with E-state index in [-0.39, 0.29) is 18.4 Å². The highest BCUT2D eigenvalue weighted by atomic mass is 16.5. The number of hydrogen-bond acceptors (Lipinski definition) is 5. The van der Waals surface area contributed by atoms with Crippen molar-refractivity contribution in [3.8, 4) is 6.07 Å². The van der Waals surface area contributed by atoms with Crippen LogP contribution in [-0.4, -0.2) is 56.6 Å². The van der Waals surface area contributed by atoms with E-state index in [1.807, 2.05) is 24.3 Å². The zero-order valence-electron chi connectivity index (χ0n) is 15.7. The Morgan fingerprint density at radius 2 is 1.85 bits per heavy atom. The number of anilines is 2. The zero-order valence-corrected chi connectivity index (χ0v) is 15.7. The largest absolute Gasteiger partial charge is 0.378 e. The molecule has 1 aromatic rings. The molecule has 7 heteroatoms. The summed E-state index contributed by atoms with van der Waals surface area (Å²) >= 11 is 0. The molecule has 27 heavy (non-hydrogen) atoms. The highest BCUT2D eigenvalue weighted by molar-refractivity contribution is 5.96. The van der Waals surface area contributed by atoms with E-state index in [0.717, 1.165) is 44.8 Å². The van der Waals surface area contributed by atoms with Crippen LogP contribution in [0.15, 0.2) is 24.3 Å². The van der Waals surface area contributed by atoms with Crippen molar-refractivity contribution in [3.05, 3.63) is 24.3 Å². The van der Waals surface area contributed by atoms with Crippen molar-refractivity contribution in [2.45, 2.75) is 25.7 Å². The lowest BCUT2D eigenvalue weighted by Crippen LogP contribution is -2.43. The Bertz CT molecular complexity index is 714.